The van der Waals surface area contributed by atoms with Gasteiger partial charge in [-0.05, 0) is 44.1 Å². The van der Waals surface area contributed by atoms with Gasteiger partial charge in [0.25, 0.3) is 0 Å². The van der Waals surface area contributed by atoms with E-state index in [0.29, 0.717) is 5.92 Å². The van der Waals surface area contributed by atoms with Crippen molar-refractivity contribution in [3.05, 3.63) is 17.0 Å². The second-order valence-electron chi connectivity index (χ2n) is 5.58. The molecule has 0 aromatic carbocycles. The first-order chi connectivity index (χ1) is 7.59. The number of aryl methyl sites for hydroxylation is 1. The first-order valence-corrected chi connectivity index (χ1v) is 6.63. The summed E-state index contributed by atoms with van der Waals surface area (Å²) in [5.41, 5.74) is 4.05. The molecule has 0 unspecified atom stereocenters. The van der Waals surface area contributed by atoms with Gasteiger partial charge in [-0.25, -0.2) is 0 Å². The third-order valence-electron chi connectivity index (χ3n) is 3.93. The van der Waals surface area contributed by atoms with Gasteiger partial charge in [0, 0.05) is 12.2 Å². The average molecular weight is 220 g/mol. The second kappa shape index (κ2) is 4.60. The molecule has 1 fully saturated rings. The van der Waals surface area contributed by atoms with Gasteiger partial charge in [0.05, 0.1) is 5.69 Å². The molecule has 2 nitrogen and oxygen atoms in total. The van der Waals surface area contributed by atoms with Gasteiger partial charge in [0.2, 0.25) is 0 Å². The van der Waals surface area contributed by atoms with Crippen molar-refractivity contribution in [2.45, 2.75) is 65.8 Å². The van der Waals surface area contributed by atoms with Crippen LogP contribution < -0.4 is 0 Å². The van der Waals surface area contributed by atoms with Crippen molar-refractivity contribution in [2.75, 3.05) is 0 Å². The molecule has 1 aromatic rings. The number of rotatable bonds is 3. The molecule has 0 N–H and O–H groups in total. The summed E-state index contributed by atoms with van der Waals surface area (Å²) in [5.74, 6) is 1.46. The summed E-state index contributed by atoms with van der Waals surface area (Å²) in [5, 5.41) is 4.71. The molecule has 1 aromatic heterocycles. The Morgan fingerprint density at radius 2 is 1.88 bits per heavy atom. The summed E-state index contributed by atoms with van der Waals surface area (Å²) in [7, 11) is 0. The first kappa shape index (κ1) is 11.7. The van der Waals surface area contributed by atoms with Crippen molar-refractivity contribution in [1.29, 1.82) is 0 Å². The zero-order valence-electron chi connectivity index (χ0n) is 11.1. The van der Waals surface area contributed by atoms with E-state index in [1.165, 1.54) is 42.6 Å². The van der Waals surface area contributed by atoms with Gasteiger partial charge in [-0.3, -0.25) is 4.68 Å². The molecule has 0 atom stereocenters. The quantitative estimate of drug-likeness (QED) is 0.757. The maximum Gasteiger partial charge on any atom is 0.0625 e. The fourth-order valence-corrected chi connectivity index (χ4v) is 3.00. The molecule has 0 bridgehead atoms. The van der Waals surface area contributed by atoms with Gasteiger partial charge in [0.15, 0.2) is 0 Å². The normalized spacial score (nSPS) is 17.6. The summed E-state index contributed by atoms with van der Waals surface area (Å²) in [6.45, 7) is 10.0. The summed E-state index contributed by atoms with van der Waals surface area (Å²) in [6.07, 6.45) is 5.63. The highest BCUT2D eigenvalue weighted by molar-refractivity contribution is 5.26. The fourth-order valence-electron chi connectivity index (χ4n) is 3.00. The minimum atomic E-state index is 0.586. The summed E-state index contributed by atoms with van der Waals surface area (Å²) in [4.78, 5) is 0. The topological polar surface area (TPSA) is 17.8 Å². The second-order valence-corrected chi connectivity index (χ2v) is 5.58. The Morgan fingerprint density at radius 1 is 1.25 bits per heavy atom. The van der Waals surface area contributed by atoms with E-state index in [0.717, 1.165) is 12.5 Å². The largest absolute Gasteiger partial charge is 0.269 e. The highest BCUT2D eigenvalue weighted by Gasteiger charge is 2.20. The molecule has 16 heavy (non-hydrogen) atoms. The van der Waals surface area contributed by atoms with Gasteiger partial charge >= 0.3 is 0 Å². The van der Waals surface area contributed by atoms with Gasteiger partial charge < -0.3 is 0 Å². The molecule has 0 radical (unpaired) electrons. The molecule has 1 aliphatic carbocycles. The van der Waals surface area contributed by atoms with E-state index < -0.39 is 0 Å². The smallest absolute Gasteiger partial charge is 0.0625 e. The van der Waals surface area contributed by atoms with E-state index in [2.05, 4.69) is 32.4 Å². The van der Waals surface area contributed by atoms with Crippen LogP contribution in [0.2, 0.25) is 0 Å². The van der Waals surface area contributed by atoms with Crippen LogP contribution in [0.15, 0.2) is 0 Å². The zero-order valence-corrected chi connectivity index (χ0v) is 11.1. The number of aromatic nitrogens is 2. The minimum absolute atomic E-state index is 0.586. The molecular weight excluding hydrogens is 196 g/mol. The van der Waals surface area contributed by atoms with E-state index in [4.69, 9.17) is 5.10 Å². The molecule has 1 saturated carbocycles. The zero-order chi connectivity index (χ0) is 11.7. The highest BCUT2D eigenvalue weighted by Crippen LogP contribution is 2.29. The standard InChI is InChI=1S/C14H24N2/c1-10(2)14-11(3)12(4)15-16(14)9-13-7-5-6-8-13/h10,13H,5-9H2,1-4H3. The van der Waals surface area contributed by atoms with Crippen molar-refractivity contribution in [3.8, 4) is 0 Å². The summed E-state index contributed by atoms with van der Waals surface area (Å²) in [6, 6.07) is 0. The Labute approximate surface area is 99.0 Å². The molecule has 2 heteroatoms. The van der Waals surface area contributed by atoms with Crippen LogP contribution in [0.5, 0.6) is 0 Å². The molecule has 90 valence electrons. The molecule has 0 spiro atoms. The number of hydrogen-bond donors (Lipinski definition) is 0. The molecule has 1 heterocycles. The maximum absolute atomic E-state index is 4.71. The van der Waals surface area contributed by atoms with E-state index in [9.17, 15) is 0 Å². The van der Waals surface area contributed by atoms with Crippen molar-refractivity contribution in [3.63, 3.8) is 0 Å². The van der Waals surface area contributed by atoms with Crippen LogP contribution in [0.25, 0.3) is 0 Å². The van der Waals surface area contributed by atoms with Crippen molar-refractivity contribution >= 4 is 0 Å². The Morgan fingerprint density at radius 3 is 2.44 bits per heavy atom. The van der Waals surface area contributed by atoms with E-state index in [-0.39, 0.29) is 0 Å². The molecule has 2 rings (SSSR count). The van der Waals surface area contributed by atoms with Gasteiger partial charge in [0.1, 0.15) is 0 Å². The van der Waals surface area contributed by atoms with Crippen molar-refractivity contribution < 1.29 is 0 Å². The van der Waals surface area contributed by atoms with Gasteiger partial charge in [-0.15, -0.1) is 0 Å². The lowest BCUT2D eigenvalue weighted by Crippen LogP contribution is -2.13. The van der Waals surface area contributed by atoms with Crippen LogP contribution in [-0.4, -0.2) is 9.78 Å². The molecular formula is C14H24N2. The Hall–Kier alpha value is -0.790. The van der Waals surface area contributed by atoms with Crippen LogP contribution in [-0.2, 0) is 6.54 Å². The third kappa shape index (κ3) is 2.16. The first-order valence-electron chi connectivity index (χ1n) is 6.63. The Kier molecular flexibility index (Phi) is 3.36. The predicted molar refractivity (Wildman–Crippen MR) is 67.7 cm³/mol. The number of hydrogen-bond acceptors (Lipinski definition) is 1. The van der Waals surface area contributed by atoms with Crippen molar-refractivity contribution in [2.24, 2.45) is 5.92 Å². The Balaban J connectivity index is 2.21. The van der Waals surface area contributed by atoms with E-state index >= 15 is 0 Å². The average Bonchev–Trinajstić information content (AvgIpc) is 2.77. The van der Waals surface area contributed by atoms with Crippen LogP contribution in [0, 0.1) is 19.8 Å². The molecule has 0 amide bonds. The molecule has 0 aliphatic heterocycles. The third-order valence-corrected chi connectivity index (χ3v) is 3.93. The fraction of sp³-hybridized carbons (Fsp3) is 0.786. The van der Waals surface area contributed by atoms with Crippen LogP contribution >= 0.6 is 0 Å². The molecule has 1 aliphatic rings. The van der Waals surface area contributed by atoms with Crippen LogP contribution in [0.3, 0.4) is 0 Å². The lowest BCUT2D eigenvalue weighted by atomic mass is 10.0. The van der Waals surface area contributed by atoms with Crippen LogP contribution in [0.4, 0.5) is 0 Å². The minimum Gasteiger partial charge on any atom is -0.269 e. The SMILES string of the molecule is Cc1nn(CC2CCCC2)c(C(C)C)c1C. The van der Waals surface area contributed by atoms with Gasteiger partial charge in [-0.2, -0.15) is 5.10 Å². The highest BCUT2D eigenvalue weighted by atomic mass is 15.3. The predicted octanol–water partition coefficient (Wildman–Crippen LogP) is 3.81. The lowest BCUT2D eigenvalue weighted by Gasteiger charge is -2.15. The lowest BCUT2D eigenvalue weighted by molar-refractivity contribution is 0.413. The summed E-state index contributed by atoms with van der Waals surface area (Å²) < 4.78 is 2.28. The maximum atomic E-state index is 4.71. The van der Waals surface area contributed by atoms with Gasteiger partial charge in [-0.1, -0.05) is 26.7 Å². The Bertz CT molecular complexity index is 357. The van der Waals surface area contributed by atoms with E-state index in [1.807, 2.05) is 0 Å². The molecule has 0 saturated heterocycles. The number of nitrogens with zero attached hydrogens (tertiary/aromatic N) is 2. The van der Waals surface area contributed by atoms with E-state index in [1.54, 1.807) is 0 Å². The summed E-state index contributed by atoms with van der Waals surface area (Å²) >= 11 is 0. The van der Waals surface area contributed by atoms with Crippen LogP contribution in [0.1, 0.15) is 62.4 Å². The van der Waals surface area contributed by atoms with Crippen molar-refractivity contribution in [1.82, 2.24) is 9.78 Å². The monoisotopic (exact) mass is 220 g/mol.